The Morgan fingerprint density at radius 2 is 1.18 bits per heavy atom. The molecule has 55 heavy (non-hydrogen) atoms. The number of hydrogen-bond donors (Lipinski definition) is 1. The molecular formula is C51H43NO2S. The molecule has 4 heteroatoms. The Labute approximate surface area is 327 Å². The maximum atomic E-state index is 7.68. The number of benzene rings is 7. The molecule has 1 aliphatic heterocycles. The van der Waals surface area contributed by atoms with E-state index in [1.807, 2.05) is 12.1 Å². The van der Waals surface area contributed by atoms with Crippen molar-refractivity contribution >= 4 is 34.3 Å². The molecule has 3 nitrogen and oxygen atoms in total. The predicted molar refractivity (Wildman–Crippen MR) is 228 cm³/mol. The number of hydrogen-bond acceptors (Lipinski definition) is 4. The highest BCUT2D eigenvalue weighted by Gasteiger charge is 2.53. The Morgan fingerprint density at radius 1 is 0.618 bits per heavy atom. The molecule has 3 aliphatic rings. The first-order chi connectivity index (χ1) is 27.0. The lowest BCUT2D eigenvalue weighted by molar-refractivity contribution is 0.162. The van der Waals surface area contributed by atoms with Gasteiger partial charge in [0.2, 0.25) is 0 Å². The Bertz CT molecular complexity index is 2550. The highest BCUT2D eigenvalue weighted by Crippen LogP contribution is 2.65. The summed E-state index contributed by atoms with van der Waals surface area (Å²) in [7, 11) is 1.71. The molecule has 0 saturated heterocycles. The molecule has 7 aromatic rings. The molecule has 1 spiro atoms. The summed E-state index contributed by atoms with van der Waals surface area (Å²) in [5, 5.41) is 2.25. The van der Waals surface area contributed by atoms with Crippen molar-refractivity contribution in [3.05, 3.63) is 197 Å². The summed E-state index contributed by atoms with van der Waals surface area (Å²) in [5.74, 6) is 1.73. The molecule has 1 fully saturated rings. The van der Waals surface area contributed by atoms with Crippen molar-refractivity contribution in [3.63, 3.8) is 0 Å². The van der Waals surface area contributed by atoms with E-state index in [0.717, 1.165) is 69.7 Å². The molecule has 0 aromatic heterocycles. The quantitative estimate of drug-likeness (QED) is 0.137. The lowest BCUT2D eigenvalue weighted by atomic mass is 9.56. The Kier molecular flexibility index (Phi) is 7.97. The second kappa shape index (κ2) is 13.0. The van der Waals surface area contributed by atoms with Crippen molar-refractivity contribution in [2.45, 2.75) is 47.0 Å². The first kappa shape index (κ1) is 33.8. The van der Waals surface area contributed by atoms with Gasteiger partial charge in [0, 0.05) is 43.5 Å². The smallest absolute Gasteiger partial charge is 0.178 e. The summed E-state index contributed by atoms with van der Waals surface area (Å²) in [6.07, 6.45) is 10.8. The summed E-state index contributed by atoms with van der Waals surface area (Å²) in [5.41, 5.74) is 18.1. The number of anilines is 1. The fourth-order valence-electron chi connectivity index (χ4n) is 10.3. The van der Waals surface area contributed by atoms with Crippen LogP contribution in [0.3, 0.4) is 0 Å². The standard InChI is InChI=1S/C51H43NO2S/c1-53-38-24-22-37(23-25-38)51(36-18-10-5-11-19-36)27-26-40-47-46(41-32-44(52)45(55-2)33-42(41)48(40)54-51)39-20-12-13-21-43(39)50(47)30-28-49(29-31-50,34-14-6-3-7-15-34)35-16-8-4-9-17-35/h3-27,32-33H,28-31,52H2,1-2H3. The number of nitrogens with two attached hydrogens (primary N) is 1. The average Bonchev–Trinajstić information content (AvgIpc) is 3.54. The van der Waals surface area contributed by atoms with E-state index in [-0.39, 0.29) is 10.8 Å². The van der Waals surface area contributed by atoms with Crippen LogP contribution in [-0.4, -0.2) is 13.4 Å². The summed E-state index contributed by atoms with van der Waals surface area (Å²) >= 11 is 1.68. The van der Waals surface area contributed by atoms with Gasteiger partial charge in [-0.1, -0.05) is 133 Å². The number of rotatable bonds is 6. The Morgan fingerprint density at radius 3 is 1.80 bits per heavy atom. The molecule has 1 unspecified atom stereocenters. The van der Waals surface area contributed by atoms with Gasteiger partial charge in [-0.25, -0.2) is 0 Å². The Balaban J connectivity index is 1.23. The lowest BCUT2D eigenvalue weighted by Gasteiger charge is -2.48. The van der Waals surface area contributed by atoms with Gasteiger partial charge in [0.15, 0.2) is 5.60 Å². The number of ether oxygens (including phenoxy) is 2. The van der Waals surface area contributed by atoms with Crippen molar-refractivity contribution in [2.75, 3.05) is 19.1 Å². The van der Waals surface area contributed by atoms with Crippen LogP contribution in [0.15, 0.2) is 163 Å². The zero-order chi connectivity index (χ0) is 37.2. The maximum Gasteiger partial charge on any atom is 0.178 e. The van der Waals surface area contributed by atoms with Crippen molar-refractivity contribution in [3.8, 4) is 22.6 Å². The van der Waals surface area contributed by atoms with E-state index in [2.05, 4.69) is 158 Å². The first-order valence-electron chi connectivity index (χ1n) is 19.3. The lowest BCUT2D eigenvalue weighted by Crippen LogP contribution is -2.41. The van der Waals surface area contributed by atoms with Crippen LogP contribution in [0.4, 0.5) is 5.69 Å². The fraction of sp³-hybridized carbons (Fsp3) is 0.176. The normalized spacial score (nSPS) is 18.7. The second-order valence-electron chi connectivity index (χ2n) is 15.3. The van der Waals surface area contributed by atoms with E-state index in [1.54, 1.807) is 18.9 Å². The van der Waals surface area contributed by atoms with Crippen molar-refractivity contribution in [2.24, 2.45) is 0 Å². The topological polar surface area (TPSA) is 44.5 Å². The number of methoxy groups -OCH3 is 1. The van der Waals surface area contributed by atoms with E-state index in [9.17, 15) is 0 Å². The average molecular weight is 734 g/mol. The van der Waals surface area contributed by atoms with Crippen LogP contribution >= 0.6 is 11.8 Å². The highest BCUT2D eigenvalue weighted by molar-refractivity contribution is 7.98. The van der Waals surface area contributed by atoms with E-state index >= 15 is 0 Å². The predicted octanol–water partition coefficient (Wildman–Crippen LogP) is 12.3. The molecule has 0 radical (unpaired) electrons. The van der Waals surface area contributed by atoms with Crippen LogP contribution in [0.5, 0.6) is 11.5 Å². The van der Waals surface area contributed by atoms with Crippen LogP contribution in [0, 0.1) is 0 Å². The van der Waals surface area contributed by atoms with E-state index in [0.29, 0.717) is 0 Å². The van der Waals surface area contributed by atoms with Crippen LogP contribution in [-0.2, 0) is 16.4 Å². The molecule has 1 heterocycles. The van der Waals surface area contributed by atoms with Gasteiger partial charge in [0.1, 0.15) is 11.5 Å². The van der Waals surface area contributed by atoms with E-state index in [4.69, 9.17) is 15.2 Å². The fourth-order valence-corrected chi connectivity index (χ4v) is 10.8. The third kappa shape index (κ3) is 4.97. The SMILES string of the molecule is COc1ccc(C2(c3ccccc3)C=Cc3c4c(c5cc(N)c(SC)cc5c3O2)-c2ccccc2C42CCC(c3ccccc3)(c3ccccc3)CC2)cc1. The third-order valence-electron chi connectivity index (χ3n) is 12.9. The summed E-state index contributed by atoms with van der Waals surface area (Å²) < 4.78 is 13.3. The summed E-state index contributed by atoms with van der Waals surface area (Å²) in [6, 6.07) is 55.0. The molecule has 270 valence electrons. The van der Waals surface area contributed by atoms with E-state index < -0.39 is 5.60 Å². The molecule has 1 saturated carbocycles. The number of fused-ring (bicyclic) bond motifs is 10. The van der Waals surface area contributed by atoms with Gasteiger partial charge in [0.25, 0.3) is 0 Å². The maximum absolute atomic E-state index is 7.68. The monoisotopic (exact) mass is 733 g/mol. The van der Waals surface area contributed by atoms with Gasteiger partial charge in [0.05, 0.1) is 7.11 Å². The van der Waals surface area contributed by atoms with Gasteiger partial charge >= 0.3 is 0 Å². The number of thioether (sulfide) groups is 1. The van der Waals surface area contributed by atoms with Crippen molar-refractivity contribution in [1.29, 1.82) is 0 Å². The van der Waals surface area contributed by atoms with Gasteiger partial charge in [-0.15, -0.1) is 11.8 Å². The minimum Gasteiger partial charge on any atom is -0.497 e. The van der Waals surface area contributed by atoms with E-state index in [1.165, 1.54) is 38.9 Å². The van der Waals surface area contributed by atoms with Crippen LogP contribution in [0.2, 0.25) is 0 Å². The third-order valence-corrected chi connectivity index (χ3v) is 13.7. The summed E-state index contributed by atoms with van der Waals surface area (Å²) in [4.78, 5) is 1.05. The van der Waals surface area contributed by atoms with Crippen molar-refractivity contribution in [1.82, 2.24) is 0 Å². The minimum atomic E-state index is -0.858. The van der Waals surface area contributed by atoms with Gasteiger partial charge < -0.3 is 15.2 Å². The zero-order valence-corrected chi connectivity index (χ0v) is 32.0. The second-order valence-corrected chi connectivity index (χ2v) is 16.2. The van der Waals surface area contributed by atoms with Crippen molar-refractivity contribution < 1.29 is 9.47 Å². The number of nitrogen functional groups attached to an aromatic ring is 1. The molecular weight excluding hydrogens is 691 g/mol. The molecule has 7 aromatic carbocycles. The minimum absolute atomic E-state index is 0.0801. The largest absolute Gasteiger partial charge is 0.497 e. The van der Waals surface area contributed by atoms with Crippen LogP contribution < -0.4 is 15.2 Å². The van der Waals surface area contributed by atoms with Gasteiger partial charge in [-0.2, -0.15) is 0 Å². The first-order valence-corrected chi connectivity index (χ1v) is 20.5. The van der Waals surface area contributed by atoms with Gasteiger partial charge in [-0.3, -0.25) is 0 Å². The molecule has 0 bridgehead atoms. The molecule has 0 amide bonds. The highest BCUT2D eigenvalue weighted by atomic mass is 32.2. The summed E-state index contributed by atoms with van der Waals surface area (Å²) in [6.45, 7) is 0. The van der Waals surface area contributed by atoms with Crippen LogP contribution in [0.25, 0.3) is 28.0 Å². The zero-order valence-electron chi connectivity index (χ0n) is 31.2. The van der Waals surface area contributed by atoms with Crippen LogP contribution in [0.1, 0.15) is 64.6 Å². The molecule has 2 N–H and O–H groups in total. The molecule has 2 aliphatic carbocycles. The molecule has 1 atom stereocenters. The molecule has 10 rings (SSSR count). The van der Waals surface area contributed by atoms with Gasteiger partial charge in [-0.05, 0) is 101 Å². The Hall–Kier alpha value is -5.71.